The summed E-state index contributed by atoms with van der Waals surface area (Å²) in [4.78, 5) is 14.9. The molecule has 0 aliphatic heterocycles. The van der Waals surface area contributed by atoms with E-state index in [0.29, 0.717) is 16.2 Å². The standard InChI is InChI=1S/C9H7ClN2O3S/c1-14-9(13)15-8-12-7-5(16-8)3-2-4(11)6(7)10/h2-3H,11H2,1H3. The van der Waals surface area contributed by atoms with Crippen molar-refractivity contribution in [3.63, 3.8) is 0 Å². The van der Waals surface area contributed by atoms with Gasteiger partial charge in [-0.3, -0.25) is 0 Å². The fraction of sp³-hybridized carbons (Fsp3) is 0.111. The van der Waals surface area contributed by atoms with Crippen LogP contribution < -0.4 is 10.5 Å². The Balaban J connectivity index is 2.44. The summed E-state index contributed by atoms with van der Waals surface area (Å²) in [5.74, 6) is 0. The summed E-state index contributed by atoms with van der Waals surface area (Å²) in [6.07, 6.45) is -0.817. The van der Waals surface area contributed by atoms with Crippen LogP contribution in [0.5, 0.6) is 5.19 Å². The maximum absolute atomic E-state index is 10.9. The maximum Gasteiger partial charge on any atom is 0.515 e. The maximum atomic E-state index is 10.9. The molecule has 1 aromatic heterocycles. The molecule has 5 nitrogen and oxygen atoms in total. The molecule has 0 radical (unpaired) electrons. The Morgan fingerprint density at radius 2 is 2.31 bits per heavy atom. The number of aromatic nitrogens is 1. The number of hydrogen-bond donors (Lipinski definition) is 1. The number of ether oxygens (including phenoxy) is 2. The van der Waals surface area contributed by atoms with Gasteiger partial charge in [0.2, 0.25) is 0 Å². The van der Waals surface area contributed by atoms with Gasteiger partial charge in [-0.15, -0.1) is 0 Å². The molecule has 2 N–H and O–H groups in total. The number of carbonyl (C=O) groups excluding carboxylic acids is 1. The molecule has 0 spiro atoms. The third-order valence-corrected chi connectivity index (χ3v) is 3.14. The Morgan fingerprint density at radius 3 is 3.00 bits per heavy atom. The number of rotatable bonds is 1. The van der Waals surface area contributed by atoms with Gasteiger partial charge in [0.15, 0.2) is 0 Å². The van der Waals surface area contributed by atoms with Crippen LogP contribution in [0, 0.1) is 0 Å². The molecular formula is C9H7ClN2O3S. The number of nitrogens with zero attached hydrogens (tertiary/aromatic N) is 1. The van der Waals surface area contributed by atoms with Gasteiger partial charge >= 0.3 is 6.16 Å². The summed E-state index contributed by atoms with van der Waals surface area (Å²) in [6.45, 7) is 0. The second-order valence-electron chi connectivity index (χ2n) is 2.85. The summed E-state index contributed by atoms with van der Waals surface area (Å²) in [6, 6.07) is 3.43. The SMILES string of the molecule is COC(=O)Oc1nc2c(Cl)c(N)ccc2s1. The Morgan fingerprint density at radius 1 is 1.56 bits per heavy atom. The van der Waals surface area contributed by atoms with Crippen LogP contribution >= 0.6 is 22.9 Å². The molecule has 0 aliphatic rings. The van der Waals surface area contributed by atoms with Crippen LogP contribution in [-0.2, 0) is 4.74 Å². The smallest absolute Gasteiger partial charge is 0.437 e. The van der Waals surface area contributed by atoms with Gasteiger partial charge in [0.1, 0.15) is 5.52 Å². The van der Waals surface area contributed by atoms with Crippen LogP contribution in [0.15, 0.2) is 12.1 Å². The predicted molar refractivity (Wildman–Crippen MR) is 62.1 cm³/mol. The van der Waals surface area contributed by atoms with E-state index in [1.807, 2.05) is 0 Å². The number of carbonyl (C=O) groups is 1. The number of nitrogens with two attached hydrogens (primary N) is 1. The van der Waals surface area contributed by atoms with E-state index in [-0.39, 0.29) is 5.19 Å². The number of anilines is 1. The van der Waals surface area contributed by atoms with Gasteiger partial charge in [0.05, 0.1) is 22.5 Å². The van der Waals surface area contributed by atoms with Crippen LogP contribution in [0.3, 0.4) is 0 Å². The van der Waals surface area contributed by atoms with Crippen molar-refractivity contribution < 1.29 is 14.3 Å². The molecule has 0 bridgehead atoms. The zero-order valence-electron chi connectivity index (χ0n) is 8.19. The second kappa shape index (κ2) is 4.15. The summed E-state index contributed by atoms with van der Waals surface area (Å²) < 4.78 is 9.93. The first-order valence-corrected chi connectivity index (χ1v) is 5.41. The lowest BCUT2D eigenvalue weighted by atomic mass is 10.3. The molecule has 16 heavy (non-hydrogen) atoms. The zero-order chi connectivity index (χ0) is 11.7. The van der Waals surface area contributed by atoms with Crippen molar-refractivity contribution in [2.75, 3.05) is 12.8 Å². The second-order valence-corrected chi connectivity index (χ2v) is 4.22. The highest BCUT2D eigenvalue weighted by molar-refractivity contribution is 7.20. The molecule has 0 amide bonds. The minimum atomic E-state index is -0.817. The topological polar surface area (TPSA) is 74.4 Å². The molecule has 0 atom stereocenters. The molecular weight excluding hydrogens is 252 g/mol. The zero-order valence-corrected chi connectivity index (χ0v) is 9.76. The lowest BCUT2D eigenvalue weighted by Gasteiger charge is -1.96. The van der Waals surface area contributed by atoms with Crippen molar-refractivity contribution in [3.8, 4) is 5.19 Å². The van der Waals surface area contributed by atoms with Crippen LogP contribution in [0.4, 0.5) is 10.5 Å². The summed E-state index contributed by atoms with van der Waals surface area (Å²) >= 11 is 7.15. The van der Waals surface area contributed by atoms with Gasteiger partial charge in [-0.2, -0.15) is 0 Å². The van der Waals surface area contributed by atoms with Crippen LogP contribution in [-0.4, -0.2) is 18.2 Å². The minimum absolute atomic E-state index is 0.175. The lowest BCUT2D eigenvalue weighted by molar-refractivity contribution is 0.121. The normalized spacial score (nSPS) is 10.4. The molecule has 7 heteroatoms. The first-order valence-electron chi connectivity index (χ1n) is 4.22. The van der Waals surface area contributed by atoms with Crippen molar-refractivity contribution in [1.29, 1.82) is 0 Å². The van der Waals surface area contributed by atoms with Gasteiger partial charge < -0.3 is 15.2 Å². The molecule has 2 aromatic rings. The van der Waals surface area contributed by atoms with Crippen LogP contribution in [0.1, 0.15) is 0 Å². The van der Waals surface area contributed by atoms with Gasteiger partial charge in [-0.05, 0) is 12.1 Å². The molecule has 84 valence electrons. The van der Waals surface area contributed by atoms with E-state index < -0.39 is 6.16 Å². The summed E-state index contributed by atoms with van der Waals surface area (Å²) in [7, 11) is 1.22. The molecule has 2 rings (SSSR count). The first kappa shape index (κ1) is 11.0. The Bertz CT molecular complexity index is 555. The van der Waals surface area contributed by atoms with E-state index in [4.69, 9.17) is 22.1 Å². The molecule has 0 unspecified atom stereocenters. The minimum Gasteiger partial charge on any atom is -0.437 e. The average Bonchev–Trinajstić information content (AvgIpc) is 2.67. The van der Waals surface area contributed by atoms with E-state index >= 15 is 0 Å². The lowest BCUT2D eigenvalue weighted by Crippen LogP contribution is -2.06. The Kier molecular flexibility index (Phi) is 2.84. The molecule has 0 saturated heterocycles. The van der Waals surface area contributed by atoms with E-state index in [1.165, 1.54) is 18.4 Å². The summed E-state index contributed by atoms with van der Waals surface area (Å²) in [5, 5.41) is 0.530. The van der Waals surface area contributed by atoms with E-state index in [9.17, 15) is 4.79 Å². The van der Waals surface area contributed by atoms with E-state index in [1.54, 1.807) is 12.1 Å². The molecule has 1 heterocycles. The Hall–Kier alpha value is -1.53. The number of fused-ring (bicyclic) bond motifs is 1. The number of benzene rings is 1. The molecule has 0 fully saturated rings. The van der Waals surface area contributed by atoms with E-state index in [2.05, 4.69) is 9.72 Å². The first-order chi connectivity index (χ1) is 7.61. The highest BCUT2D eigenvalue weighted by Crippen LogP contribution is 2.35. The Labute approximate surface area is 99.7 Å². The average molecular weight is 259 g/mol. The highest BCUT2D eigenvalue weighted by Gasteiger charge is 2.13. The fourth-order valence-corrected chi connectivity index (χ4v) is 2.19. The third-order valence-electron chi connectivity index (χ3n) is 1.85. The number of nitrogen functional groups attached to an aromatic ring is 1. The fourth-order valence-electron chi connectivity index (χ4n) is 1.11. The predicted octanol–water partition coefficient (Wildman–Crippen LogP) is 2.68. The van der Waals surface area contributed by atoms with E-state index in [0.717, 1.165) is 4.70 Å². The number of methoxy groups -OCH3 is 1. The van der Waals surface area contributed by atoms with Crippen molar-refractivity contribution in [2.24, 2.45) is 0 Å². The number of hydrogen-bond acceptors (Lipinski definition) is 6. The summed E-state index contributed by atoms with van der Waals surface area (Å²) in [5.41, 5.74) is 6.58. The quantitative estimate of drug-likeness (QED) is 0.629. The number of thiazole rings is 1. The largest absolute Gasteiger partial charge is 0.515 e. The van der Waals surface area contributed by atoms with Crippen molar-refractivity contribution in [1.82, 2.24) is 4.98 Å². The van der Waals surface area contributed by atoms with Crippen LogP contribution in [0.2, 0.25) is 5.02 Å². The van der Waals surface area contributed by atoms with Crippen molar-refractivity contribution in [2.45, 2.75) is 0 Å². The third kappa shape index (κ3) is 1.89. The van der Waals surface area contributed by atoms with Crippen LogP contribution in [0.25, 0.3) is 10.2 Å². The molecule has 0 saturated carbocycles. The van der Waals surface area contributed by atoms with Gasteiger partial charge in [-0.1, -0.05) is 22.9 Å². The highest BCUT2D eigenvalue weighted by atomic mass is 35.5. The van der Waals surface area contributed by atoms with Crippen molar-refractivity contribution >= 4 is 45.0 Å². The van der Waals surface area contributed by atoms with Crippen molar-refractivity contribution in [3.05, 3.63) is 17.2 Å². The number of halogens is 1. The van der Waals surface area contributed by atoms with Gasteiger partial charge in [-0.25, -0.2) is 9.78 Å². The molecule has 0 aliphatic carbocycles. The van der Waals surface area contributed by atoms with Gasteiger partial charge in [0.25, 0.3) is 5.19 Å². The van der Waals surface area contributed by atoms with Gasteiger partial charge in [0, 0.05) is 0 Å². The monoisotopic (exact) mass is 258 g/mol. The molecule has 1 aromatic carbocycles.